The van der Waals surface area contributed by atoms with Crippen LogP contribution in [0.15, 0.2) is 12.1 Å². The fraction of sp³-hybridized carbons (Fsp3) is 0.692. The normalized spacial score (nSPS) is 27.2. The minimum atomic E-state index is 0.601. The van der Waals surface area contributed by atoms with E-state index >= 15 is 0 Å². The van der Waals surface area contributed by atoms with Gasteiger partial charge >= 0.3 is 0 Å². The lowest BCUT2D eigenvalue weighted by Gasteiger charge is -2.21. The molecule has 1 aliphatic rings. The van der Waals surface area contributed by atoms with Crippen molar-refractivity contribution in [3.8, 4) is 0 Å². The molecule has 0 amide bonds. The first-order valence-electron chi connectivity index (χ1n) is 6.08. The Morgan fingerprint density at radius 3 is 2.88 bits per heavy atom. The van der Waals surface area contributed by atoms with Gasteiger partial charge in [0.1, 0.15) is 0 Å². The fourth-order valence-electron chi connectivity index (χ4n) is 2.27. The molecule has 3 unspecified atom stereocenters. The molecular formula is C13H21NS2. The highest BCUT2D eigenvalue weighted by molar-refractivity contribution is 8.00. The van der Waals surface area contributed by atoms with Gasteiger partial charge in [-0.25, -0.2) is 0 Å². The third kappa shape index (κ3) is 3.25. The zero-order valence-electron chi connectivity index (χ0n) is 10.3. The largest absolute Gasteiger partial charge is 0.310 e. The number of aryl methyl sites for hydroxylation is 1. The zero-order chi connectivity index (χ0) is 11.5. The van der Waals surface area contributed by atoms with Crippen molar-refractivity contribution in [3.63, 3.8) is 0 Å². The van der Waals surface area contributed by atoms with E-state index < -0.39 is 0 Å². The van der Waals surface area contributed by atoms with Crippen molar-refractivity contribution >= 4 is 23.1 Å². The summed E-state index contributed by atoms with van der Waals surface area (Å²) in [6, 6.07) is 5.82. The molecule has 90 valence electrons. The van der Waals surface area contributed by atoms with Crippen LogP contribution in [0.4, 0.5) is 0 Å². The molecule has 0 radical (unpaired) electrons. The average Bonchev–Trinajstić information content (AvgIpc) is 2.77. The van der Waals surface area contributed by atoms with Gasteiger partial charge in [-0.2, -0.15) is 11.8 Å². The first kappa shape index (κ1) is 12.5. The molecule has 1 aliphatic heterocycles. The molecule has 1 saturated heterocycles. The third-order valence-corrected chi connectivity index (χ3v) is 5.53. The van der Waals surface area contributed by atoms with Crippen molar-refractivity contribution in [1.82, 2.24) is 5.32 Å². The van der Waals surface area contributed by atoms with E-state index in [0.717, 1.165) is 11.3 Å². The Kier molecular flexibility index (Phi) is 4.34. The van der Waals surface area contributed by atoms with Crippen molar-refractivity contribution in [3.05, 3.63) is 21.9 Å². The van der Waals surface area contributed by atoms with Crippen LogP contribution >= 0.6 is 23.1 Å². The summed E-state index contributed by atoms with van der Waals surface area (Å²) in [5, 5.41) is 4.56. The van der Waals surface area contributed by atoms with E-state index in [1.54, 1.807) is 0 Å². The van der Waals surface area contributed by atoms with Gasteiger partial charge in [-0.1, -0.05) is 6.92 Å². The lowest BCUT2D eigenvalue weighted by molar-refractivity contribution is 0.443. The molecule has 2 heterocycles. The third-order valence-electron chi connectivity index (χ3n) is 3.18. The molecule has 3 heteroatoms. The smallest absolute Gasteiger partial charge is 0.0194 e. The molecule has 16 heavy (non-hydrogen) atoms. The molecule has 1 aromatic rings. The molecule has 0 aromatic carbocycles. The molecular weight excluding hydrogens is 234 g/mol. The highest BCUT2D eigenvalue weighted by atomic mass is 32.2. The molecule has 0 aliphatic carbocycles. The summed E-state index contributed by atoms with van der Waals surface area (Å²) in [6.45, 7) is 6.84. The van der Waals surface area contributed by atoms with Crippen LogP contribution in [0.1, 0.15) is 30.0 Å². The van der Waals surface area contributed by atoms with Crippen molar-refractivity contribution < 1.29 is 0 Å². The first-order valence-corrected chi connectivity index (χ1v) is 7.94. The van der Waals surface area contributed by atoms with Gasteiger partial charge in [0.15, 0.2) is 0 Å². The summed E-state index contributed by atoms with van der Waals surface area (Å²) in [4.78, 5) is 2.93. The van der Waals surface area contributed by atoms with Crippen LogP contribution in [-0.4, -0.2) is 23.1 Å². The minimum absolute atomic E-state index is 0.601. The highest BCUT2D eigenvalue weighted by Gasteiger charge is 2.24. The second kappa shape index (κ2) is 5.56. The van der Waals surface area contributed by atoms with Gasteiger partial charge in [-0.05, 0) is 44.6 Å². The van der Waals surface area contributed by atoms with Gasteiger partial charge in [0.05, 0.1) is 0 Å². The second-order valence-electron chi connectivity index (χ2n) is 4.76. The lowest BCUT2D eigenvalue weighted by atomic mass is 10.1. The van der Waals surface area contributed by atoms with Crippen LogP contribution in [0.5, 0.6) is 0 Å². The molecule has 0 spiro atoms. The Balaban J connectivity index is 1.82. The number of hydrogen-bond acceptors (Lipinski definition) is 3. The summed E-state index contributed by atoms with van der Waals surface area (Å²) in [5.74, 6) is 1.32. The van der Waals surface area contributed by atoms with E-state index in [2.05, 4.69) is 50.0 Å². The number of thiophene rings is 1. The van der Waals surface area contributed by atoms with E-state index in [1.165, 1.54) is 28.3 Å². The maximum Gasteiger partial charge on any atom is 0.0194 e. The van der Waals surface area contributed by atoms with Crippen LogP contribution in [0, 0.1) is 6.92 Å². The Morgan fingerprint density at radius 1 is 1.50 bits per heavy atom. The minimum Gasteiger partial charge on any atom is -0.310 e. The van der Waals surface area contributed by atoms with E-state index in [-0.39, 0.29) is 0 Å². The standard InChI is InChI=1S/C13H21NS2/c1-9(8-12-5-4-10(2)16-12)14-13-6-7-15-11(13)3/h4-5,9,11,13-14H,6-8H2,1-3H3. The van der Waals surface area contributed by atoms with Crippen molar-refractivity contribution in [2.45, 2.75) is 50.9 Å². The molecule has 1 fully saturated rings. The van der Waals surface area contributed by atoms with E-state index in [9.17, 15) is 0 Å². The predicted octanol–water partition coefficient (Wildman–Crippen LogP) is 3.47. The monoisotopic (exact) mass is 255 g/mol. The quantitative estimate of drug-likeness (QED) is 0.884. The first-order chi connectivity index (χ1) is 7.65. The Morgan fingerprint density at radius 2 is 2.31 bits per heavy atom. The van der Waals surface area contributed by atoms with E-state index in [1.807, 2.05) is 11.3 Å². The van der Waals surface area contributed by atoms with E-state index in [4.69, 9.17) is 0 Å². The highest BCUT2D eigenvalue weighted by Crippen LogP contribution is 2.27. The summed E-state index contributed by atoms with van der Waals surface area (Å²) >= 11 is 4.03. The summed E-state index contributed by atoms with van der Waals surface area (Å²) < 4.78 is 0. The molecule has 1 N–H and O–H groups in total. The summed E-state index contributed by atoms with van der Waals surface area (Å²) in [5.41, 5.74) is 0. The van der Waals surface area contributed by atoms with Gasteiger partial charge in [0, 0.05) is 27.1 Å². The summed E-state index contributed by atoms with van der Waals surface area (Å²) in [7, 11) is 0. The number of hydrogen-bond donors (Lipinski definition) is 1. The SMILES string of the molecule is Cc1ccc(CC(C)NC2CCSC2C)s1. The Hall–Kier alpha value is 0.01000. The van der Waals surface area contributed by atoms with Gasteiger partial charge in [-0.3, -0.25) is 0 Å². The van der Waals surface area contributed by atoms with Crippen molar-refractivity contribution in [1.29, 1.82) is 0 Å². The molecule has 0 bridgehead atoms. The number of nitrogens with one attached hydrogen (secondary N) is 1. The van der Waals surface area contributed by atoms with Crippen LogP contribution in [0.2, 0.25) is 0 Å². The average molecular weight is 255 g/mol. The van der Waals surface area contributed by atoms with Gasteiger partial charge in [0.25, 0.3) is 0 Å². The Bertz CT molecular complexity index is 334. The van der Waals surface area contributed by atoms with E-state index in [0.29, 0.717) is 6.04 Å². The zero-order valence-corrected chi connectivity index (χ0v) is 12.0. The maximum absolute atomic E-state index is 3.77. The topological polar surface area (TPSA) is 12.0 Å². The number of thioether (sulfide) groups is 1. The molecule has 2 rings (SSSR count). The van der Waals surface area contributed by atoms with Gasteiger partial charge < -0.3 is 5.32 Å². The lowest BCUT2D eigenvalue weighted by Crippen LogP contribution is -2.40. The van der Waals surface area contributed by atoms with Crippen LogP contribution in [0.3, 0.4) is 0 Å². The molecule has 1 nitrogen and oxygen atoms in total. The van der Waals surface area contributed by atoms with Gasteiger partial charge in [-0.15, -0.1) is 11.3 Å². The van der Waals surface area contributed by atoms with Crippen LogP contribution in [-0.2, 0) is 6.42 Å². The molecule has 1 aromatic heterocycles. The predicted molar refractivity (Wildman–Crippen MR) is 75.7 cm³/mol. The molecule has 0 saturated carbocycles. The van der Waals surface area contributed by atoms with Gasteiger partial charge in [0.2, 0.25) is 0 Å². The summed E-state index contributed by atoms with van der Waals surface area (Å²) in [6.07, 6.45) is 2.51. The number of rotatable bonds is 4. The van der Waals surface area contributed by atoms with Crippen molar-refractivity contribution in [2.24, 2.45) is 0 Å². The molecule has 3 atom stereocenters. The fourth-order valence-corrected chi connectivity index (χ4v) is 4.50. The van der Waals surface area contributed by atoms with Crippen molar-refractivity contribution in [2.75, 3.05) is 5.75 Å². The second-order valence-corrected chi connectivity index (χ2v) is 7.61. The van der Waals surface area contributed by atoms with Crippen LogP contribution < -0.4 is 5.32 Å². The maximum atomic E-state index is 3.77. The van der Waals surface area contributed by atoms with Crippen LogP contribution in [0.25, 0.3) is 0 Å². The Labute approximate surface area is 107 Å².